The van der Waals surface area contributed by atoms with Gasteiger partial charge in [-0.25, -0.2) is 0 Å². The van der Waals surface area contributed by atoms with E-state index in [1.54, 1.807) is 30.9 Å². The highest BCUT2D eigenvalue weighted by molar-refractivity contribution is 5.55. The van der Waals surface area contributed by atoms with Crippen LogP contribution in [0.25, 0.3) is 11.3 Å². The Bertz CT molecular complexity index is 307. The van der Waals surface area contributed by atoms with E-state index in [1.807, 2.05) is 6.07 Å². The van der Waals surface area contributed by atoms with Crippen molar-refractivity contribution in [2.45, 2.75) is 0 Å². The molecular formula is C9H6N3. The zero-order chi connectivity index (χ0) is 8.23. The summed E-state index contributed by atoms with van der Waals surface area (Å²) < 4.78 is 0. The molecule has 0 atom stereocenters. The van der Waals surface area contributed by atoms with Crippen LogP contribution >= 0.6 is 0 Å². The maximum absolute atomic E-state index is 4.13. The van der Waals surface area contributed by atoms with Gasteiger partial charge >= 0.3 is 0 Å². The molecule has 0 amide bonds. The number of aromatic nitrogens is 3. The zero-order valence-corrected chi connectivity index (χ0v) is 6.31. The predicted octanol–water partition coefficient (Wildman–Crippen LogP) is 1.34. The van der Waals surface area contributed by atoms with E-state index >= 15 is 0 Å². The lowest BCUT2D eigenvalue weighted by molar-refractivity contribution is 1.19. The summed E-state index contributed by atoms with van der Waals surface area (Å²) in [6.07, 6.45) is 9.43. The topological polar surface area (TPSA) is 38.7 Å². The quantitative estimate of drug-likeness (QED) is 0.625. The van der Waals surface area contributed by atoms with Gasteiger partial charge < -0.3 is 0 Å². The molecule has 2 rings (SSSR count). The summed E-state index contributed by atoms with van der Waals surface area (Å²) in [6.45, 7) is 0. The minimum atomic E-state index is 0.832. The van der Waals surface area contributed by atoms with Crippen LogP contribution in [0.4, 0.5) is 0 Å². The molecule has 0 fully saturated rings. The van der Waals surface area contributed by atoms with Crippen LogP contribution in [0.3, 0.4) is 0 Å². The van der Waals surface area contributed by atoms with Crippen molar-refractivity contribution >= 4 is 0 Å². The van der Waals surface area contributed by atoms with E-state index in [0.717, 1.165) is 11.3 Å². The zero-order valence-electron chi connectivity index (χ0n) is 6.31. The lowest BCUT2D eigenvalue weighted by atomic mass is 10.2. The van der Waals surface area contributed by atoms with E-state index in [2.05, 4.69) is 21.1 Å². The van der Waals surface area contributed by atoms with E-state index in [9.17, 15) is 0 Å². The number of pyridine rings is 1. The summed E-state index contributed by atoms with van der Waals surface area (Å²) in [5, 5.41) is 0. The summed E-state index contributed by atoms with van der Waals surface area (Å²) in [5.74, 6) is 0. The molecule has 3 nitrogen and oxygen atoms in total. The van der Waals surface area contributed by atoms with Crippen molar-refractivity contribution in [3.63, 3.8) is 0 Å². The second-order valence-electron chi connectivity index (χ2n) is 2.27. The summed E-state index contributed by atoms with van der Waals surface area (Å²) >= 11 is 0. The first-order valence-electron chi connectivity index (χ1n) is 3.55. The standard InChI is InChI=1S/C9H6N3/c1-2-8(6-10-3-1)9-7-11-4-5-12-9/h1-2,4-7H. The molecule has 57 valence electrons. The van der Waals surface area contributed by atoms with Crippen LogP contribution in [0, 0.1) is 6.20 Å². The van der Waals surface area contributed by atoms with Gasteiger partial charge in [0, 0.05) is 24.2 Å². The largest absolute Gasteiger partial charge is 0.261 e. The third kappa shape index (κ3) is 1.29. The molecule has 1 radical (unpaired) electrons. The van der Waals surface area contributed by atoms with Crippen LogP contribution in [0.5, 0.6) is 0 Å². The molecule has 0 spiro atoms. The summed E-state index contributed by atoms with van der Waals surface area (Å²) in [7, 11) is 0. The third-order valence-electron chi connectivity index (χ3n) is 1.47. The summed E-state index contributed by atoms with van der Waals surface area (Å²) in [4.78, 5) is 12.0. The highest BCUT2D eigenvalue weighted by Crippen LogP contribution is 2.11. The molecule has 0 aliphatic carbocycles. The SMILES string of the molecule is [c]1ccc(-c2cnccn2)cn1. The number of hydrogen-bond acceptors (Lipinski definition) is 3. The Hall–Kier alpha value is -1.77. The molecule has 2 aromatic rings. The average Bonchev–Trinajstić information content (AvgIpc) is 2.21. The predicted molar refractivity (Wildman–Crippen MR) is 44.1 cm³/mol. The maximum atomic E-state index is 4.13. The van der Waals surface area contributed by atoms with Gasteiger partial charge in [-0.2, -0.15) is 0 Å². The molecule has 0 aliphatic rings. The fourth-order valence-electron chi connectivity index (χ4n) is 0.920. The van der Waals surface area contributed by atoms with E-state index in [-0.39, 0.29) is 0 Å². The summed E-state index contributed by atoms with van der Waals surface area (Å²) in [6, 6.07) is 3.65. The summed E-state index contributed by atoms with van der Waals surface area (Å²) in [5.41, 5.74) is 1.79. The van der Waals surface area contributed by atoms with Crippen molar-refractivity contribution in [1.29, 1.82) is 0 Å². The van der Waals surface area contributed by atoms with Crippen LogP contribution in [0.2, 0.25) is 0 Å². The van der Waals surface area contributed by atoms with Crippen LogP contribution in [0.15, 0.2) is 36.9 Å². The fraction of sp³-hybridized carbons (Fsp3) is 0. The van der Waals surface area contributed by atoms with E-state index in [4.69, 9.17) is 0 Å². The Morgan fingerprint density at radius 1 is 1.17 bits per heavy atom. The Morgan fingerprint density at radius 3 is 2.83 bits per heavy atom. The molecule has 12 heavy (non-hydrogen) atoms. The van der Waals surface area contributed by atoms with Gasteiger partial charge in [0.05, 0.1) is 18.1 Å². The van der Waals surface area contributed by atoms with Crippen LogP contribution < -0.4 is 0 Å². The number of rotatable bonds is 1. The number of nitrogens with zero attached hydrogens (tertiary/aromatic N) is 3. The van der Waals surface area contributed by atoms with Gasteiger partial charge in [-0.3, -0.25) is 15.0 Å². The minimum absolute atomic E-state index is 0.832. The molecule has 0 aliphatic heterocycles. The first kappa shape index (κ1) is 6.91. The first-order valence-corrected chi connectivity index (χ1v) is 3.55. The Kier molecular flexibility index (Phi) is 1.78. The average molecular weight is 156 g/mol. The van der Waals surface area contributed by atoms with E-state index in [0.29, 0.717) is 0 Å². The van der Waals surface area contributed by atoms with Crippen LogP contribution in [-0.2, 0) is 0 Å². The van der Waals surface area contributed by atoms with Crippen molar-refractivity contribution in [1.82, 2.24) is 15.0 Å². The van der Waals surface area contributed by atoms with Gasteiger partial charge in [0.1, 0.15) is 0 Å². The Labute approximate surface area is 70.1 Å². The lowest BCUT2D eigenvalue weighted by Gasteiger charge is -1.95. The van der Waals surface area contributed by atoms with E-state index < -0.39 is 0 Å². The van der Waals surface area contributed by atoms with E-state index in [1.165, 1.54) is 0 Å². The molecule has 2 heterocycles. The van der Waals surface area contributed by atoms with Crippen molar-refractivity contribution in [3.8, 4) is 11.3 Å². The second kappa shape index (κ2) is 3.09. The van der Waals surface area contributed by atoms with Crippen molar-refractivity contribution in [2.75, 3.05) is 0 Å². The molecular weight excluding hydrogens is 150 g/mol. The van der Waals surface area contributed by atoms with Crippen molar-refractivity contribution < 1.29 is 0 Å². The molecule has 3 heteroatoms. The normalized spacial score (nSPS) is 9.67. The molecule has 0 aromatic carbocycles. The van der Waals surface area contributed by atoms with Crippen LogP contribution in [0.1, 0.15) is 0 Å². The van der Waals surface area contributed by atoms with Gasteiger partial charge in [0.25, 0.3) is 0 Å². The van der Waals surface area contributed by atoms with Gasteiger partial charge in [0.2, 0.25) is 0 Å². The van der Waals surface area contributed by atoms with Crippen LogP contribution in [-0.4, -0.2) is 15.0 Å². The monoisotopic (exact) mass is 156 g/mol. The second-order valence-corrected chi connectivity index (χ2v) is 2.27. The molecule has 0 unspecified atom stereocenters. The highest BCUT2D eigenvalue weighted by atomic mass is 14.8. The smallest absolute Gasteiger partial charge is 0.0900 e. The number of hydrogen-bond donors (Lipinski definition) is 0. The van der Waals surface area contributed by atoms with Crippen molar-refractivity contribution in [2.24, 2.45) is 0 Å². The Balaban J connectivity index is 2.46. The highest BCUT2D eigenvalue weighted by Gasteiger charge is 1.95. The Morgan fingerprint density at radius 2 is 2.17 bits per heavy atom. The fourth-order valence-corrected chi connectivity index (χ4v) is 0.920. The first-order chi connectivity index (χ1) is 5.97. The maximum Gasteiger partial charge on any atom is 0.0900 e. The van der Waals surface area contributed by atoms with Gasteiger partial charge in [-0.15, -0.1) is 0 Å². The van der Waals surface area contributed by atoms with Gasteiger partial charge in [-0.05, 0) is 12.1 Å². The van der Waals surface area contributed by atoms with Crippen molar-refractivity contribution in [3.05, 3.63) is 43.1 Å². The molecule has 0 N–H and O–H groups in total. The van der Waals surface area contributed by atoms with Gasteiger partial charge in [-0.1, -0.05) is 0 Å². The third-order valence-corrected chi connectivity index (χ3v) is 1.47. The molecule has 2 aromatic heterocycles. The molecule has 0 bridgehead atoms. The van der Waals surface area contributed by atoms with Gasteiger partial charge in [0.15, 0.2) is 0 Å². The molecule has 0 saturated carbocycles. The minimum Gasteiger partial charge on any atom is -0.261 e. The lowest BCUT2D eigenvalue weighted by Crippen LogP contribution is -1.84. The molecule has 0 saturated heterocycles.